The van der Waals surface area contributed by atoms with Gasteiger partial charge in [-0.15, -0.1) is 11.3 Å². The van der Waals surface area contributed by atoms with E-state index >= 15 is 0 Å². The molecular formula is C31H28ClFN6O2S. The summed E-state index contributed by atoms with van der Waals surface area (Å²) in [5.74, 6) is -0.175. The largest absolute Gasteiger partial charge is 0.355 e. The number of thiazole rings is 1. The summed E-state index contributed by atoms with van der Waals surface area (Å²) in [4.78, 5) is 44.1. The molecule has 0 bridgehead atoms. The van der Waals surface area contributed by atoms with Gasteiger partial charge >= 0.3 is 5.69 Å². The van der Waals surface area contributed by atoms with Gasteiger partial charge in [0.15, 0.2) is 5.65 Å². The second-order valence-corrected chi connectivity index (χ2v) is 11.9. The van der Waals surface area contributed by atoms with Gasteiger partial charge in [-0.1, -0.05) is 44.2 Å². The number of carbonyl (C=O) groups excluding carboxylic acids is 1. The molecule has 0 unspecified atom stereocenters. The second kappa shape index (κ2) is 10.9. The number of carbonyl (C=O) groups is 1. The molecule has 11 heteroatoms. The Bertz CT molecular complexity index is 1940. The van der Waals surface area contributed by atoms with Crippen LogP contribution < -0.4 is 10.6 Å². The Hall–Kier alpha value is -4.15. The molecule has 2 aromatic carbocycles. The van der Waals surface area contributed by atoms with Gasteiger partial charge < -0.3 is 9.80 Å². The Morgan fingerprint density at radius 2 is 1.98 bits per heavy atom. The van der Waals surface area contributed by atoms with Crippen molar-refractivity contribution in [3.05, 3.63) is 87.5 Å². The number of amides is 1. The topological polar surface area (TPSA) is 84.2 Å². The first-order valence-electron chi connectivity index (χ1n) is 13.6. The van der Waals surface area contributed by atoms with Gasteiger partial charge in [0.1, 0.15) is 11.6 Å². The first-order valence-corrected chi connectivity index (χ1v) is 14.9. The lowest BCUT2D eigenvalue weighted by Crippen LogP contribution is -2.54. The van der Waals surface area contributed by atoms with Gasteiger partial charge in [-0.25, -0.2) is 23.7 Å². The van der Waals surface area contributed by atoms with Gasteiger partial charge in [0.25, 0.3) is 0 Å². The fourth-order valence-corrected chi connectivity index (χ4v) is 6.64. The summed E-state index contributed by atoms with van der Waals surface area (Å²) in [7, 11) is 0. The Labute approximate surface area is 250 Å². The summed E-state index contributed by atoms with van der Waals surface area (Å²) in [6, 6.07) is 11.6. The van der Waals surface area contributed by atoms with Crippen LogP contribution in [0.4, 0.5) is 10.2 Å². The molecule has 8 nitrogen and oxygen atoms in total. The summed E-state index contributed by atoms with van der Waals surface area (Å²) < 4.78 is 17.5. The summed E-state index contributed by atoms with van der Waals surface area (Å²) in [5, 5.41) is 0.774. The molecule has 1 aliphatic heterocycles. The third-order valence-electron chi connectivity index (χ3n) is 7.65. The molecule has 1 atom stereocenters. The Morgan fingerprint density at radius 3 is 2.69 bits per heavy atom. The zero-order valence-electron chi connectivity index (χ0n) is 23.3. The van der Waals surface area contributed by atoms with E-state index in [-0.39, 0.29) is 34.1 Å². The molecule has 1 saturated heterocycles. The number of rotatable bonds is 5. The number of hydrogen-bond donors (Lipinski definition) is 0. The molecule has 3 aromatic heterocycles. The lowest BCUT2D eigenvalue weighted by atomic mass is 9.99. The fourth-order valence-electron chi connectivity index (χ4n) is 5.69. The van der Waals surface area contributed by atoms with E-state index in [9.17, 15) is 14.0 Å². The summed E-state index contributed by atoms with van der Waals surface area (Å²) in [5.41, 5.74) is 4.34. The van der Waals surface area contributed by atoms with Crippen LogP contribution in [0.25, 0.3) is 38.2 Å². The molecule has 1 amide bonds. The van der Waals surface area contributed by atoms with E-state index in [2.05, 4.69) is 16.5 Å². The zero-order chi connectivity index (χ0) is 29.7. The number of pyridine rings is 1. The van der Waals surface area contributed by atoms with Crippen LogP contribution in [-0.2, 0) is 4.79 Å². The normalized spacial score (nSPS) is 15.6. The Morgan fingerprint density at radius 1 is 1.19 bits per heavy atom. The minimum atomic E-state index is -0.528. The maximum absolute atomic E-state index is 15.0. The molecule has 0 spiro atoms. The standard InChI is InChI=1S/C31H28ClFN6O2S/c1-5-25(40)37-12-13-38(18(4)15-37)29-20-14-21(32)27(19-8-6-7-9-22(19)33)35-30(20)39(31(41)36-29)23-10-11-24-28(34-16-42-24)26(23)17(2)3/h5-11,14,16-18H,1,12-13,15H2,2-4H3/t18-/m0/s1. The highest BCUT2D eigenvalue weighted by Gasteiger charge is 2.30. The highest BCUT2D eigenvalue weighted by Crippen LogP contribution is 2.37. The van der Waals surface area contributed by atoms with Gasteiger partial charge in [0.2, 0.25) is 5.91 Å². The Balaban J connectivity index is 1.64. The van der Waals surface area contributed by atoms with Crippen molar-refractivity contribution in [2.75, 3.05) is 24.5 Å². The predicted octanol–water partition coefficient (Wildman–Crippen LogP) is 6.20. The molecule has 5 aromatic rings. The maximum Gasteiger partial charge on any atom is 0.355 e. The lowest BCUT2D eigenvalue weighted by molar-refractivity contribution is -0.126. The van der Waals surface area contributed by atoms with Crippen LogP contribution in [-0.4, -0.2) is 56.0 Å². The molecule has 0 N–H and O–H groups in total. The van der Waals surface area contributed by atoms with Gasteiger partial charge in [0.05, 0.1) is 37.5 Å². The highest BCUT2D eigenvalue weighted by atomic mass is 35.5. The number of aromatic nitrogens is 4. The Kier molecular flexibility index (Phi) is 7.28. The third-order valence-corrected chi connectivity index (χ3v) is 8.74. The van der Waals surface area contributed by atoms with Crippen LogP contribution in [0.2, 0.25) is 5.02 Å². The van der Waals surface area contributed by atoms with Crippen LogP contribution in [0, 0.1) is 5.82 Å². The van der Waals surface area contributed by atoms with Crippen molar-refractivity contribution >= 4 is 55.9 Å². The van der Waals surface area contributed by atoms with Crippen molar-refractivity contribution in [3.63, 3.8) is 0 Å². The number of anilines is 1. The van der Waals surface area contributed by atoms with E-state index in [0.717, 1.165) is 15.8 Å². The highest BCUT2D eigenvalue weighted by molar-refractivity contribution is 7.16. The summed E-state index contributed by atoms with van der Waals surface area (Å²) in [6.07, 6.45) is 1.30. The lowest BCUT2D eigenvalue weighted by Gasteiger charge is -2.40. The monoisotopic (exact) mass is 602 g/mol. The molecule has 1 fully saturated rings. The number of hydrogen-bond acceptors (Lipinski definition) is 7. The number of piperazine rings is 1. The van der Waals surface area contributed by atoms with E-state index in [1.807, 2.05) is 37.8 Å². The SMILES string of the molecule is C=CC(=O)N1CCN(c2nc(=O)n(-c3ccc4scnc4c3C(C)C)c3nc(-c4ccccc4F)c(Cl)cc23)[C@@H](C)C1. The molecule has 0 radical (unpaired) electrons. The van der Waals surface area contributed by atoms with Crippen LogP contribution in [0.3, 0.4) is 0 Å². The molecular weight excluding hydrogens is 575 g/mol. The molecule has 4 heterocycles. The molecule has 1 aliphatic rings. The van der Waals surface area contributed by atoms with Crippen LogP contribution in [0.5, 0.6) is 0 Å². The average molecular weight is 603 g/mol. The van der Waals surface area contributed by atoms with Crippen molar-refractivity contribution in [1.29, 1.82) is 0 Å². The van der Waals surface area contributed by atoms with Crippen LogP contribution >= 0.6 is 22.9 Å². The number of halogens is 2. The minimum absolute atomic E-state index is 0.0289. The number of benzene rings is 2. The molecule has 214 valence electrons. The van der Waals surface area contributed by atoms with E-state index in [1.54, 1.807) is 34.7 Å². The van der Waals surface area contributed by atoms with Crippen molar-refractivity contribution in [3.8, 4) is 16.9 Å². The quantitative estimate of drug-likeness (QED) is 0.223. The van der Waals surface area contributed by atoms with Gasteiger partial charge in [0, 0.05) is 36.8 Å². The summed E-state index contributed by atoms with van der Waals surface area (Å²) in [6.45, 7) is 11.0. The van der Waals surface area contributed by atoms with E-state index < -0.39 is 11.5 Å². The van der Waals surface area contributed by atoms with Crippen molar-refractivity contribution < 1.29 is 9.18 Å². The van der Waals surface area contributed by atoms with Crippen LogP contribution in [0.15, 0.2) is 65.4 Å². The van der Waals surface area contributed by atoms with Gasteiger partial charge in [-0.05, 0) is 49.2 Å². The molecule has 42 heavy (non-hydrogen) atoms. The van der Waals surface area contributed by atoms with E-state index in [4.69, 9.17) is 16.6 Å². The zero-order valence-corrected chi connectivity index (χ0v) is 24.9. The molecule has 0 saturated carbocycles. The van der Waals surface area contributed by atoms with E-state index in [1.165, 1.54) is 28.0 Å². The number of fused-ring (bicyclic) bond motifs is 2. The van der Waals surface area contributed by atoms with Crippen molar-refractivity contribution in [1.82, 2.24) is 24.4 Å². The van der Waals surface area contributed by atoms with Crippen molar-refractivity contribution in [2.45, 2.75) is 32.7 Å². The first kappa shape index (κ1) is 28.0. The second-order valence-electron chi connectivity index (χ2n) is 10.6. The van der Waals surface area contributed by atoms with Crippen molar-refractivity contribution in [2.24, 2.45) is 0 Å². The van der Waals surface area contributed by atoms with E-state index in [0.29, 0.717) is 42.2 Å². The molecule has 0 aliphatic carbocycles. The maximum atomic E-state index is 15.0. The molecule has 6 rings (SSSR count). The third kappa shape index (κ3) is 4.64. The number of nitrogens with zero attached hydrogens (tertiary/aromatic N) is 6. The smallest absolute Gasteiger partial charge is 0.350 e. The predicted molar refractivity (Wildman–Crippen MR) is 166 cm³/mol. The minimum Gasteiger partial charge on any atom is -0.350 e. The van der Waals surface area contributed by atoms with Gasteiger partial charge in [-0.3, -0.25) is 4.79 Å². The van der Waals surface area contributed by atoms with Gasteiger partial charge in [-0.2, -0.15) is 4.98 Å². The average Bonchev–Trinajstić information content (AvgIpc) is 3.45. The summed E-state index contributed by atoms with van der Waals surface area (Å²) >= 11 is 8.32. The fraction of sp³-hybridized carbons (Fsp3) is 0.258. The first-order chi connectivity index (χ1) is 20.2. The van der Waals surface area contributed by atoms with Crippen LogP contribution in [0.1, 0.15) is 32.3 Å².